The van der Waals surface area contributed by atoms with E-state index in [1.54, 1.807) is 0 Å². The van der Waals surface area contributed by atoms with E-state index < -0.39 is 0 Å². The molecule has 2 rings (SSSR count). The molecule has 1 aliphatic heterocycles. The first-order valence-corrected chi connectivity index (χ1v) is 4.86. The molecule has 1 aromatic rings. The molecule has 1 aliphatic rings. The molecular weight excluding hydrogens is 158 g/mol. The Labute approximate surface area is 79.5 Å². The molecule has 0 bridgehead atoms. The van der Waals surface area contributed by atoms with E-state index in [-0.39, 0.29) is 0 Å². The number of hydrogen-bond acceptors (Lipinski definition) is 1. The van der Waals surface area contributed by atoms with Gasteiger partial charge in [-0.05, 0) is 30.5 Å². The van der Waals surface area contributed by atoms with E-state index in [1.807, 2.05) is 6.08 Å². The molecule has 0 amide bonds. The zero-order valence-corrected chi connectivity index (χ0v) is 7.79. The molecule has 1 heterocycles. The Morgan fingerprint density at radius 3 is 2.92 bits per heavy atom. The molecular formula is C12H15N. The first kappa shape index (κ1) is 8.52. The second-order valence-electron chi connectivity index (χ2n) is 3.48. The van der Waals surface area contributed by atoms with Crippen molar-refractivity contribution in [2.45, 2.75) is 18.9 Å². The molecule has 1 nitrogen and oxygen atoms in total. The van der Waals surface area contributed by atoms with Crippen LogP contribution in [0.15, 0.2) is 30.8 Å². The van der Waals surface area contributed by atoms with Crippen LogP contribution in [0.25, 0.3) is 6.08 Å². The summed E-state index contributed by atoms with van der Waals surface area (Å²) >= 11 is 0. The molecule has 13 heavy (non-hydrogen) atoms. The van der Waals surface area contributed by atoms with Gasteiger partial charge in [0.25, 0.3) is 0 Å². The predicted molar refractivity (Wildman–Crippen MR) is 56.5 cm³/mol. The molecule has 0 radical (unpaired) electrons. The number of benzene rings is 1. The van der Waals surface area contributed by atoms with E-state index >= 15 is 0 Å². The second kappa shape index (κ2) is 3.75. The fraction of sp³-hybridized carbons (Fsp3) is 0.333. The van der Waals surface area contributed by atoms with Crippen molar-refractivity contribution in [2.24, 2.45) is 0 Å². The highest BCUT2D eigenvalue weighted by atomic mass is 14.9. The van der Waals surface area contributed by atoms with Crippen molar-refractivity contribution in [3.8, 4) is 0 Å². The van der Waals surface area contributed by atoms with Crippen molar-refractivity contribution in [3.05, 3.63) is 42.0 Å². The van der Waals surface area contributed by atoms with Crippen molar-refractivity contribution >= 4 is 6.08 Å². The maximum absolute atomic E-state index is 3.84. The van der Waals surface area contributed by atoms with Gasteiger partial charge < -0.3 is 5.32 Å². The summed E-state index contributed by atoms with van der Waals surface area (Å²) in [6.45, 7) is 4.98. The van der Waals surface area contributed by atoms with E-state index in [4.69, 9.17) is 0 Å². The zero-order chi connectivity index (χ0) is 9.10. The van der Waals surface area contributed by atoms with Gasteiger partial charge in [0, 0.05) is 6.04 Å². The lowest BCUT2D eigenvalue weighted by Gasteiger charge is -2.13. The Morgan fingerprint density at radius 1 is 1.38 bits per heavy atom. The van der Waals surface area contributed by atoms with Crippen molar-refractivity contribution in [2.75, 3.05) is 6.54 Å². The smallest absolute Gasteiger partial charge is 0.0326 e. The highest BCUT2D eigenvalue weighted by molar-refractivity contribution is 5.52. The first-order valence-electron chi connectivity index (χ1n) is 4.86. The minimum atomic E-state index is 0.550. The van der Waals surface area contributed by atoms with Crippen molar-refractivity contribution in [3.63, 3.8) is 0 Å². The van der Waals surface area contributed by atoms with Gasteiger partial charge in [-0.3, -0.25) is 0 Å². The Kier molecular flexibility index (Phi) is 2.46. The Hall–Kier alpha value is -1.08. The van der Waals surface area contributed by atoms with Crippen LogP contribution in [-0.4, -0.2) is 6.54 Å². The van der Waals surface area contributed by atoms with Gasteiger partial charge in [0.05, 0.1) is 0 Å². The SMILES string of the molecule is C=Cc1ccccc1[C@H]1CCCN1. The number of nitrogens with one attached hydrogen (secondary N) is 1. The van der Waals surface area contributed by atoms with Gasteiger partial charge in [0.1, 0.15) is 0 Å². The maximum atomic E-state index is 3.84. The Balaban J connectivity index is 2.31. The Morgan fingerprint density at radius 2 is 2.23 bits per heavy atom. The van der Waals surface area contributed by atoms with Gasteiger partial charge in [-0.25, -0.2) is 0 Å². The third-order valence-electron chi connectivity index (χ3n) is 2.65. The van der Waals surface area contributed by atoms with Gasteiger partial charge >= 0.3 is 0 Å². The quantitative estimate of drug-likeness (QED) is 0.725. The van der Waals surface area contributed by atoms with E-state index in [1.165, 1.54) is 24.0 Å². The maximum Gasteiger partial charge on any atom is 0.0326 e. The number of hydrogen-bond donors (Lipinski definition) is 1. The number of rotatable bonds is 2. The molecule has 0 saturated carbocycles. The lowest BCUT2D eigenvalue weighted by Crippen LogP contribution is -2.13. The topological polar surface area (TPSA) is 12.0 Å². The van der Waals surface area contributed by atoms with Crippen LogP contribution in [-0.2, 0) is 0 Å². The minimum absolute atomic E-state index is 0.550. The first-order chi connectivity index (χ1) is 6.42. The normalized spacial score (nSPS) is 21.7. The average Bonchev–Trinajstić information content (AvgIpc) is 2.70. The molecule has 0 aromatic heterocycles. The molecule has 1 N–H and O–H groups in total. The molecule has 0 unspecified atom stereocenters. The van der Waals surface area contributed by atoms with Crippen LogP contribution in [0.2, 0.25) is 0 Å². The van der Waals surface area contributed by atoms with E-state index in [0.29, 0.717) is 6.04 Å². The van der Waals surface area contributed by atoms with Crippen LogP contribution in [0.4, 0.5) is 0 Å². The molecule has 1 heteroatoms. The van der Waals surface area contributed by atoms with Crippen LogP contribution >= 0.6 is 0 Å². The highest BCUT2D eigenvalue weighted by Crippen LogP contribution is 2.26. The summed E-state index contributed by atoms with van der Waals surface area (Å²) in [7, 11) is 0. The fourth-order valence-corrected chi connectivity index (χ4v) is 1.96. The van der Waals surface area contributed by atoms with Crippen molar-refractivity contribution < 1.29 is 0 Å². The molecule has 1 atom stereocenters. The summed E-state index contributed by atoms with van der Waals surface area (Å²) in [5.74, 6) is 0. The molecule has 0 aliphatic carbocycles. The van der Waals surface area contributed by atoms with E-state index in [2.05, 4.69) is 36.2 Å². The molecule has 1 saturated heterocycles. The largest absolute Gasteiger partial charge is 0.310 e. The predicted octanol–water partition coefficient (Wildman–Crippen LogP) is 2.75. The Bertz CT molecular complexity index is 298. The second-order valence-corrected chi connectivity index (χ2v) is 3.48. The molecule has 68 valence electrons. The fourth-order valence-electron chi connectivity index (χ4n) is 1.96. The van der Waals surface area contributed by atoms with Crippen molar-refractivity contribution in [1.29, 1.82) is 0 Å². The van der Waals surface area contributed by atoms with Gasteiger partial charge in [0.2, 0.25) is 0 Å². The summed E-state index contributed by atoms with van der Waals surface area (Å²) in [6.07, 6.45) is 4.48. The van der Waals surface area contributed by atoms with E-state index in [0.717, 1.165) is 6.54 Å². The third kappa shape index (κ3) is 1.65. The lowest BCUT2D eigenvalue weighted by atomic mass is 9.99. The van der Waals surface area contributed by atoms with Gasteiger partial charge in [-0.15, -0.1) is 0 Å². The van der Waals surface area contributed by atoms with Crippen LogP contribution in [0.5, 0.6) is 0 Å². The molecule has 1 aromatic carbocycles. The third-order valence-corrected chi connectivity index (χ3v) is 2.65. The van der Waals surface area contributed by atoms with Crippen LogP contribution < -0.4 is 5.32 Å². The standard InChI is InChI=1S/C12H15N/c1-2-10-6-3-4-7-11(10)12-8-5-9-13-12/h2-4,6-7,12-13H,1,5,8-9H2/t12-/m1/s1. The summed E-state index contributed by atoms with van der Waals surface area (Å²) in [4.78, 5) is 0. The minimum Gasteiger partial charge on any atom is -0.310 e. The summed E-state index contributed by atoms with van der Waals surface area (Å²) < 4.78 is 0. The zero-order valence-electron chi connectivity index (χ0n) is 7.79. The highest BCUT2D eigenvalue weighted by Gasteiger charge is 2.17. The molecule has 1 fully saturated rings. The van der Waals surface area contributed by atoms with Crippen molar-refractivity contribution in [1.82, 2.24) is 5.32 Å². The molecule has 0 spiro atoms. The monoisotopic (exact) mass is 173 g/mol. The van der Waals surface area contributed by atoms with Gasteiger partial charge in [-0.1, -0.05) is 36.9 Å². The summed E-state index contributed by atoms with van der Waals surface area (Å²) in [5.41, 5.74) is 2.66. The van der Waals surface area contributed by atoms with E-state index in [9.17, 15) is 0 Å². The average molecular weight is 173 g/mol. The van der Waals surface area contributed by atoms with Crippen LogP contribution in [0.3, 0.4) is 0 Å². The van der Waals surface area contributed by atoms with Crippen LogP contribution in [0.1, 0.15) is 30.0 Å². The van der Waals surface area contributed by atoms with Gasteiger partial charge in [-0.2, -0.15) is 0 Å². The van der Waals surface area contributed by atoms with Gasteiger partial charge in [0.15, 0.2) is 0 Å². The van der Waals surface area contributed by atoms with Crippen LogP contribution in [0, 0.1) is 0 Å². The lowest BCUT2D eigenvalue weighted by molar-refractivity contribution is 0.647. The summed E-state index contributed by atoms with van der Waals surface area (Å²) in [6, 6.07) is 9.04. The summed E-state index contributed by atoms with van der Waals surface area (Å²) in [5, 5.41) is 3.50.